The highest BCUT2D eigenvalue weighted by atomic mass is 127. The fourth-order valence-corrected chi connectivity index (χ4v) is 2.65. The highest BCUT2D eigenvalue weighted by Crippen LogP contribution is 2.26. The van der Waals surface area contributed by atoms with Gasteiger partial charge in [0, 0.05) is 24.6 Å². The largest absolute Gasteiger partial charge is 1.00 e. The van der Waals surface area contributed by atoms with Gasteiger partial charge in [-0.1, -0.05) is 12.1 Å². The maximum Gasteiger partial charge on any atom is 0.213 e. The highest BCUT2D eigenvalue weighted by molar-refractivity contribution is 5.69. The lowest BCUT2D eigenvalue weighted by Crippen LogP contribution is -3.00. The molecule has 24 heavy (non-hydrogen) atoms. The van der Waals surface area contributed by atoms with Crippen molar-refractivity contribution in [3.63, 3.8) is 0 Å². The molecule has 3 aromatic rings. The predicted octanol–water partition coefficient (Wildman–Crippen LogP) is 1.31. The van der Waals surface area contributed by atoms with E-state index in [1.807, 2.05) is 43.4 Å². The maximum atomic E-state index is 13.2. The first kappa shape index (κ1) is 18.4. The molecular formula is C20H19FINO. The second-order valence-electron chi connectivity index (χ2n) is 5.57. The predicted molar refractivity (Wildman–Crippen MR) is 89.7 cm³/mol. The number of methoxy groups -OCH3 is 1. The molecule has 3 rings (SSSR count). The van der Waals surface area contributed by atoms with Gasteiger partial charge in [-0.15, -0.1) is 0 Å². The molecule has 124 valence electrons. The van der Waals surface area contributed by atoms with Gasteiger partial charge in [0.15, 0.2) is 5.69 Å². The zero-order valence-electron chi connectivity index (χ0n) is 13.9. The molecule has 0 bridgehead atoms. The van der Waals surface area contributed by atoms with Crippen LogP contribution in [0.2, 0.25) is 0 Å². The molecule has 0 aliphatic heterocycles. The fraction of sp³-hybridized carbons (Fsp3) is 0.150. The van der Waals surface area contributed by atoms with Gasteiger partial charge in [-0.3, -0.25) is 0 Å². The lowest BCUT2D eigenvalue weighted by molar-refractivity contribution is -0.666. The Morgan fingerprint density at radius 2 is 1.42 bits per heavy atom. The lowest BCUT2D eigenvalue weighted by Gasteiger charge is -2.08. The second-order valence-corrected chi connectivity index (χ2v) is 5.57. The normalized spacial score (nSPS) is 10.2. The Bertz CT molecular complexity index is 830. The Morgan fingerprint density at radius 3 is 2.00 bits per heavy atom. The summed E-state index contributed by atoms with van der Waals surface area (Å²) in [7, 11) is 3.68. The Balaban J connectivity index is 0.00000208. The summed E-state index contributed by atoms with van der Waals surface area (Å²) < 4.78 is 20.5. The van der Waals surface area contributed by atoms with Crippen molar-refractivity contribution in [2.45, 2.75) is 6.92 Å². The van der Waals surface area contributed by atoms with E-state index < -0.39 is 0 Å². The van der Waals surface area contributed by atoms with Crippen molar-refractivity contribution in [1.29, 1.82) is 0 Å². The molecule has 0 saturated heterocycles. The van der Waals surface area contributed by atoms with E-state index in [-0.39, 0.29) is 29.8 Å². The molecule has 0 radical (unpaired) electrons. The van der Waals surface area contributed by atoms with E-state index in [4.69, 9.17) is 4.74 Å². The number of aromatic nitrogens is 1. The number of hydrogen-bond donors (Lipinski definition) is 0. The van der Waals surface area contributed by atoms with E-state index >= 15 is 0 Å². The molecule has 1 aromatic heterocycles. The van der Waals surface area contributed by atoms with Crippen LogP contribution in [0.5, 0.6) is 5.75 Å². The summed E-state index contributed by atoms with van der Waals surface area (Å²) >= 11 is 0. The molecule has 0 unspecified atom stereocenters. The van der Waals surface area contributed by atoms with Crippen molar-refractivity contribution < 1.29 is 37.7 Å². The van der Waals surface area contributed by atoms with Crippen molar-refractivity contribution in [1.82, 2.24) is 0 Å². The summed E-state index contributed by atoms with van der Waals surface area (Å²) in [6.07, 6.45) is 0. The summed E-state index contributed by atoms with van der Waals surface area (Å²) in [4.78, 5) is 0. The van der Waals surface area contributed by atoms with Crippen LogP contribution in [0.4, 0.5) is 4.39 Å². The zero-order valence-corrected chi connectivity index (χ0v) is 16.0. The summed E-state index contributed by atoms with van der Waals surface area (Å²) in [5, 5.41) is 0. The maximum absolute atomic E-state index is 13.2. The molecule has 0 N–H and O–H groups in total. The number of pyridine rings is 1. The van der Waals surface area contributed by atoms with E-state index in [0.717, 1.165) is 33.8 Å². The second kappa shape index (κ2) is 7.75. The van der Waals surface area contributed by atoms with Crippen LogP contribution in [-0.4, -0.2) is 7.11 Å². The van der Waals surface area contributed by atoms with Crippen LogP contribution in [0.15, 0.2) is 60.7 Å². The Hall–Kier alpha value is -1.95. The molecular weight excluding hydrogens is 416 g/mol. The Labute approximate surface area is 158 Å². The third-order valence-electron chi connectivity index (χ3n) is 4.11. The standard InChI is InChI=1S/C20H19FNO.HI/c1-14-12-17(15-6-10-19(23-3)11-7-15)13-20(22(14)2)16-4-8-18(21)9-5-16;/h4-13H,1-3H3;1H/q+1;/p-1. The molecule has 2 nitrogen and oxygen atoms in total. The fourth-order valence-electron chi connectivity index (χ4n) is 2.65. The summed E-state index contributed by atoms with van der Waals surface area (Å²) in [6.45, 7) is 2.07. The molecule has 0 amide bonds. The molecule has 2 aromatic carbocycles. The van der Waals surface area contributed by atoms with Crippen molar-refractivity contribution in [3.05, 3.63) is 72.2 Å². The number of nitrogens with zero attached hydrogens (tertiary/aromatic N) is 1. The highest BCUT2D eigenvalue weighted by Gasteiger charge is 2.15. The first-order valence-corrected chi connectivity index (χ1v) is 7.49. The van der Waals surface area contributed by atoms with Crippen molar-refractivity contribution >= 4 is 0 Å². The lowest BCUT2D eigenvalue weighted by atomic mass is 10.0. The summed E-state index contributed by atoms with van der Waals surface area (Å²) in [5.74, 6) is 0.616. The Kier molecular flexibility index (Phi) is 5.94. The number of benzene rings is 2. The minimum atomic E-state index is -0.223. The van der Waals surface area contributed by atoms with Crippen molar-refractivity contribution in [2.24, 2.45) is 7.05 Å². The van der Waals surface area contributed by atoms with Crippen LogP contribution < -0.4 is 33.3 Å². The SMILES string of the molecule is COc1ccc(-c2cc(C)[n+](C)c(-c3ccc(F)cc3)c2)cc1.[I-]. The first-order chi connectivity index (χ1) is 11.1. The third kappa shape index (κ3) is 3.75. The molecule has 0 atom stereocenters. The van der Waals surface area contributed by atoms with Gasteiger partial charge in [0.1, 0.15) is 18.6 Å². The van der Waals surface area contributed by atoms with Gasteiger partial charge in [0.25, 0.3) is 0 Å². The third-order valence-corrected chi connectivity index (χ3v) is 4.11. The van der Waals surface area contributed by atoms with Crippen LogP contribution in [0.3, 0.4) is 0 Å². The van der Waals surface area contributed by atoms with Crippen LogP contribution >= 0.6 is 0 Å². The van der Waals surface area contributed by atoms with E-state index in [9.17, 15) is 4.39 Å². The summed E-state index contributed by atoms with van der Waals surface area (Å²) in [5.41, 5.74) is 5.43. The van der Waals surface area contributed by atoms with E-state index in [2.05, 4.69) is 23.6 Å². The molecule has 0 saturated carbocycles. The zero-order chi connectivity index (χ0) is 16.4. The van der Waals surface area contributed by atoms with E-state index in [0.29, 0.717) is 0 Å². The van der Waals surface area contributed by atoms with Gasteiger partial charge in [-0.25, -0.2) is 4.39 Å². The number of ether oxygens (including phenoxy) is 1. The van der Waals surface area contributed by atoms with Crippen LogP contribution in [0, 0.1) is 12.7 Å². The molecule has 0 aliphatic rings. The monoisotopic (exact) mass is 435 g/mol. The number of hydrogen-bond acceptors (Lipinski definition) is 1. The minimum absolute atomic E-state index is 0. The molecule has 0 fully saturated rings. The van der Waals surface area contributed by atoms with Crippen LogP contribution in [-0.2, 0) is 7.05 Å². The quantitative estimate of drug-likeness (QED) is 0.447. The first-order valence-electron chi connectivity index (χ1n) is 7.49. The van der Waals surface area contributed by atoms with E-state index in [1.54, 1.807) is 7.11 Å². The topological polar surface area (TPSA) is 13.1 Å². The average molecular weight is 435 g/mol. The van der Waals surface area contributed by atoms with Gasteiger partial charge in [-0.05, 0) is 47.5 Å². The minimum Gasteiger partial charge on any atom is -1.00 e. The molecule has 0 spiro atoms. The molecule has 1 heterocycles. The summed E-state index contributed by atoms with van der Waals surface area (Å²) in [6, 6.07) is 18.9. The van der Waals surface area contributed by atoms with E-state index in [1.165, 1.54) is 12.1 Å². The number of aryl methyl sites for hydroxylation is 1. The van der Waals surface area contributed by atoms with Crippen LogP contribution in [0.25, 0.3) is 22.4 Å². The number of halogens is 2. The number of rotatable bonds is 3. The van der Waals surface area contributed by atoms with Crippen LogP contribution in [0.1, 0.15) is 5.69 Å². The molecule has 0 aliphatic carbocycles. The van der Waals surface area contributed by atoms with Crippen molar-refractivity contribution in [2.75, 3.05) is 7.11 Å². The van der Waals surface area contributed by atoms with Crippen molar-refractivity contribution in [3.8, 4) is 28.1 Å². The van der Waals surface area contributed by atoms with Gasteiger partial charge < -0.3 is 28.7 Å². The van der Waals surface area contributed by atoms with Gasteiger partial charge in [0.05, 0.1) is 7.11 Å². The molecule has 4 heteroatoms. The van der Waals surface area contributed by atoms with Gasteiger partial charge in [0.2, 0.25) is 5.69 Å². The smallest absolute Gasteiger partial charge is 0.213 e. The Morgan fingerprint density at radius 1 is 0.833 bits per heavy atom. The average Bonchev–Trinajstić information content (AvgIpc) is 2.58. The van der Waals surface area contributed by atoms with Gasteiger partial charge in [-0.2, -0.15) is 4.57 Å². The van der Waals surface area contributed by atoms with Gasteiger partial charge >= 0.3 is 0 Å².